The summed E-state index contributed by atoms with van der Waals surface area (Å²) >= 11 is 5.90. The summed E-state index contributed by atoms with van der Waals surface area (Å²) in [5, 5.41) is 7.53. The molecule has 1 aromatic heterocycles. The smallest absolute Gasteiger partial charge is 0.243 e. The van der Waals surface area contributed by atoms with Gasteiger partial charge in [-0.15, -0.1) is 0 Å². The lowest BCUT2D eigenvalue weighted by Gasteiger charge is -2.30. The predicted octanol–water partition coefficient (Wildman–Crippen LogP) is 4.71. The maximum Gasteiger partial charge on any atom is 0.243 e. The molecule has 32 heavy (non-hydrogen) atoms. The number of anilines is 1. The van der Waals surface area contributed by atoms with Crippen molar-refractivity contribution in [2.75, 3.05) is 25.0 Å². The second-order valence-corrected chi connectivity index (χ2v) is 10.4. The zero-order chi connectivity index (χ0) is 22.7. The standard InChI is InChI=1S/C23H24ClN3O4S/c1-16-4-3-11-27(15-16)32(29,30)20-6-2-5-18(12-20)22(28)14-25-23-13-21(26-31-23)17-7-9-19(24)10-8-17/h2,5-10,12-13,16,25H,3-4,11,14-15H2,1H3. The minimum atomic E-state index is -3.63. The number of ketones is 1. The van der Waals surface area contributed by atoms with Crippen LogP contribution in [0.2, 0.25) is 5.02 Å². The molecule has 0 spiro atoms. The first-order valence-electron chi connectivity index (χ1n) is 10.4. The molecule has 1 fully saturated rings. The lowest BCUT2D eigenvalue weighted by molar-refractivity contribution is 0.100. The molecule has 0 bridgehead atoms. The zero-order valence-corrected chi connectivity index (χ0v) is 19.2. The molecule has 3 aromatic rings. The van der Waals surface area contributed by atoms with Crippen LogP contribution in [0.4, 0.5) is 5.88 Å². The quantitative estimate of drug-likeness (QED) is 0.499. The van der Waals surface area contributed by atoms with E-state index in [0.717, 1.165) is 18.4 Å². The van der Waals surface area contributed by atoms with Gasteiger partial charge in [-0.2, -0.15) is 4.31 Å². The van der Waals surface area contributed by atoms with Crippen LogP contribution >= 0.6 is 11.6 Å². The fourth-order valence-electron chi connectivity index (χ4n) is 3.73. The summed E-state index contributed by atoms with van der Waals surface area (Å²) in [4.78, 5) is 12.8. The fraction of sp³-hybridized carbons (Fsp3) is 0.304. The van der Waals surface area contributed by atoms with Crippen molar-refractivity contribution in [1.82, 2.24) is 9.46 Å². The molecule has 1 aliphatic rings. The van der Waals surface area contributed by atoms with Crippen LogP contribution in [0.3, 0.4) is 0 Å². The van der Waals surface area contributed by atoms with Gasteiger partial charge in [-0.05, 0) is 43.0 Å². The first-order chi connectivity index (χ1) is 15.3. The highest BCUT2D eigenvalue weighted by molar-refractivity contribution is 7.89. The van der Waals surface area contributed by atoms with Gasteiger partial charge in [0, 0.05) is 35.3 Å². The lowest BCUT2D eigenvalue weighted by Crippen LogP contribution is -2.39. The molecule has 4 rings (SSSR count). The molecule has 1 N–H and O–H groups in total. The van der Waals surface area contributed by atoms with Gasteiger partial charge in [0.2, 0.25) is 15.9 Å². The van der Waals surface area contributed by atoms with Crippen LogP contribution < -0.4 is 5.32 Å². The number of Topliss-reactive ketones (excluding diaryl/α,β-unsaturated/α-hetero) is 1. The van der Waals surface area contributed by atoms with Gasteiger partial charge < -0.3 is 9.84 Å². The molecular formula is C23H24ClN3O4S. The zero-order valence-electron chi connectivity index (χ0n) is 17.6. The number of nitrogens with zero attached hydrogens (tertiary/aromatic N) is 2. The van der Waals surface area contributed by atoms with Crippen LogP contribution in [0.25, 0.3) is 11.3 Å². The van der Waals surface area contributed by atoms with Crippen molar-refractivity contribution in [2.45, 2.75) is 24.7 Å². The van der Waals surface area contributed by atoms with Crippen molar-refractivity contribution in [3.8, 4) is 11.3 Å². The van der Waals surface area contributed by atoms with Crippen LogP contribution in [-0.2, 0) is 10.0 Å². The SMILES string of the molecule is CC1CCCN(S(=O)(=O)c2cccc(C(=O)CNc3cc(-c4ccc(Cl)cc4)no3)c2)C1. The molecule has 1 saturated heterocycles. The Morgan fingerprint density at radius 1 is 1.22 bits per heavy atom. The molecule has 1 unspecified atom stereocenters. The number of halogens is 1. The molecular weight excluding hydrogens is 450 g/mol. The number of rotatable bonds is 7. The highest BCUT2D eigenvalue weighted by atomic mass is 35.5. The number of hydrogen-bond acceptors (Lipinski definition) is 6. The topological polar surface area (TPSA) is 92.5 Å². The minimum absolute atomic E-state index is 0.0561. The molecule has 1 aliphatic heterocycles. The average Bonchev–Trinajstić information content (AvgIpc) is 3.27. The number of piperidine rings is 1. The Morgan fingerprint density at radius 3 is 2.75 bits per heavy atom. The Morgan fingerprint density at radius 2 is 2.00 bits per heavy atom. The van der Waals surface area contributed by atoms with E-state index in [4.69, 9.17) is 16.1 Å². The Bertz CT molecular complexity index is 1210. The van der Waals surface area contributed by atoms with Gasteiger partial charge in [-0.3, -0.25) is 4.79 Å². The van der Waals surface area contributed by atoms with Gasteiger partial charge in [0.1, 0.15) is 5.69 Å². The highest BCUT2D eigenvalue weighted by Gasteiger charge is 2.29. The third-order valence-electron chi connectivity index (χ3n) is 5.49. The van der Waals surface area contributed by atoms with E-state index in [2.05, 4.69) is 17.4 Å². The van der Waals surface area contributed by atoms with Crippen LogP contribution in [0.15, 0.2) is 64.0 Å². The molecule has 0 amide bonds. The van der Waals surface area contributed by atoms with E-state index in [0.29, 0.717) is 41.2 Å². The number of carbonyl (C=O) groups is 1. The van der Waals surface area contributed by atoms with Gasteiger partial charge in [0.25, 0.3) is 0 Å². The summed E-state index contributed by atoms with van der Waals surface area (Å²) < 4.78 is 32.8. The van der Waals surface area contributed by atoms with Crippen molar-refractivity contribution in [3.05, 3.63) is 65.2 Å². The van der Waals surface area contributed by atoms with Gasteiger partial charge in [0.05, 0.1) is 11.4 Å². The molecule has 1 atom stereocenters. The van der Waals surface area contributed by atoms with E-state index >= 15 is 0 Å². The van der Waals surface area contributed by atoms with Gasteiger partial charge >= 0.3 is 0 Å². The normalized spacial score (nSPS) is 17.2. The number of carbonyl (C=O) groups excluding carboxylic acids is 1. The lowest BCUT2D eigenvalue weighted by atomic mass is 10.0. The van der Waals surface area contributed by atoms with E-state index in [1.807, 2.05) is 12.1 Å². The Hall–Kier alpha value is -2.68. The van der Waals surface area contributed by atoms with Crippen LogP contribution in [0.1, 0.15) is 30.1 Å². The summed E-state index contributed by atoms with van der Waals surface area (Å²) in [5.74, 6) is 0.417. The van der Waals surface area contributed by atoms with Crippen LogP contribution in [-0.4, -0.2) is 43.3 Å². The molecule has 168 valence electrons. The number of nitrogens with one attached hydrogen (secondary N) is 1. The maximum atomic E-state index is 13.0. The van der Waals surface area contributed by atoms with Crippen molar-refractivity contribution in [1.29, 1.82) is 0 Å². The van der Waals surface area contributed by atoms with Gasteiger partial charge in [-0.1, -0.05) is 47.9 Å². The van der Waals surface area contributed by atoms with E-state index in [-0.39, 0.29) is 17.2 Å². The summed E-state index contributed by atoms with van der Waals surface area (Å²) in [6.45, 7) is 3.01. The summed E-state index contributed by atoms with van der Waals surface area (Å²) in [6.07, 6.45) is 1.87. The fourth-order valence-corrected chi connectivity index (χ4v) is 5.50. The Balaban J connectivity index is 1.43. The van der Waals surface area contributed by atoms with Gasteiger partial charge in [0.15, 0.2) is 5.78 Å². The molecule has 0 radical (unpaired) electrons. The summed E-state index contributed by atoms with van der Waals surface area (Å²) in [7, 11) is -3.63. The largest absolute Gasteiger partial charge is 0.347 e. The van der Waals surface area contributed by atoms with Crippen molar-refractivity contribution in [3.63, 3.8) is 0 Å². The first-order valence-corrected chi connectivity index (χ1v) is 12.2. The Labute approximate surface area is 192 Å². The number of hydrogen-bond donors (Lipinski definition) is 1. The van der Waals surface area contributed by atoms with Gasteiger partial charge in [-0.25, -0.2) is 8.42 Å². The molecule has 0 aliphatic carbocycles. The van der Waals surface area contributed by atoms with E-state index in [1.165, 1.54) is 16.4 Å². The Kier molecular flexibility index (Phi) is 6.64. The molecule has 9 heteroatoms. The molecule has 2 aromatic carbocycles. The van der Waals surface area contributed by atoms with Crippen LogP contribution in [0, 0.1) is 5.92 Å². The number of aromatic nitrogens is 1. The molecule has 0 saturated carbocycles. The second kappa shape index (κ2) is 9.44. The van der Waals surface area contributed by atoms with Crippen molar-refractivity contribution >= 4 is 33.3 Å². The summed E-state index contributed by atoms with van der Waals surface area (Å²) in [5.41, 5.74) is 1.77. The molecule has 7 nitrogen and oxygen atoms in total. The monoisotopic (exact) mass is 473 g/mol. The minimum Gasteiger partial charge on any atom is -0.347 e. The van der Waals surface area contributed by atoms with E-state index < -0.39 is 10.0 Å². The maximum absolute atomic E-state index is 13.0. The van der Waals surface area contributed by atoms with Crippen molar-refractivity contribution in [2.24, 2.45) is 5.92 Å². The third kappa shape index (κ3) is 5.03. The third-order valence-corrected chi connectivity index (χ3v) is 7.60. The average molecular weight is 474 g/mol. The molecule has 2 heterocycles. The van der Waals surface area contributed by atoms with Crippen LogP contribution in [0.5, 0.6) is 0 Å². The number of benzene rings is 2. The van der Waals surface area contributed by atoms with E-state index in [9.17, 15) is 13.2 Å². The second-order valence-electron chi connectivity index (χ2n) is 8.00. The highest BCUT2D eigenvalue weighted by Crippen LogP contribution is 2.25. The van der Waals surface area contributed by atoms with Crippen molar-refractivity contribution < 1.29 is 17.7 Å². The first kappa shape index (κ1) is 22.5. The summed E-state index contributed by atoms with van der Waals surface area (Å²) in [6, 6.07) is 15.0. The predicted molar refractivity (Wildman–Crippen MR) is 123 cm³/mol. The van der Waals surface area contributed by atoms with E-state index in [1.54, 1.807) is 30.3 Å². The number of sulfonamides is 1.